The number of halogens is 1. The molecule has 0 N–H and O–H groups in total. The van der Waals surface area contributed by atoms with Gasteiger partial charge in [-0.05, 0) is 62.7 Å². The molecule has 4 aromatic rings. The van der Waals surface area contributed by atoms with Crippen molar-refractivity contribution < 1.29 is 28.2 Å². The van der Waals surface area contributed by atoms with Crippen molar-refractivity contribution >= 4 is 41.0 Å². The number of furan rings is 1. The number of hydrogen-bond acceptors (Lipinski definition) is 9. The first-order chi connectivity index (χ1) is 20.7. The third-order valence-corrected chi connectivity index (χ3v) is 7.93. The van der Waals surface area contributed by atoms with Crippen molar-refractivity contribution in [3.05, 3.63) is 107 Å². The second kappa shape index (κ2) is 12.8. The van der Waals surface area contributed by atoms with Crippen LogP contribution >= 0.6 is 22.9 Å². The molecule has 1 aliphatic heterocycles. The molecule has 2 aromatic carbocycles. The van der Waals surface area contributed by atoms with Crippen LogP contribution in [-0.2, 0) is 14.3 Å². The largest absolute Gasteiger partial charge is 0.493 e. The quantitative estimate of drug-likeness (QED) is 0.234. The fraction of sp³-hybridized carbons (Fsp3) is 0.250. The molecule has 0 saturated carbocycles. The van der Waals surface area contributed by atoms with Crippen LogP contribution in [-0.4, -0.2) is 36.8 Å². The summed E-state index contributed by atoms with van der Waals surface area (Å²) in [7, 11) is 1.29. The molecule has 2 aromatic heterocycles. The zero-order chi connectivity index (χ0) is 30.7. The maximum Gasteiger partial charge on any atom is 0.338 e. The minimum Gasteiger partial charge on any atom is -0.493 e. The van der Waals surface area contributed by atoms with Crippen molar-refractivity contribution in [1.29, 1.82) is 0 Å². The van der Waals surface area contributed by atoms with Crippen LogP contribution in [0.3, 0.4) is 0 Å². The van der Waals surface area contributed by atoms with Gasteiger partial charge in [0.05, 0.1) is 41.7 Å². The van der Waals surface area contributed by atoms with Crippen LogP contribution in [0, 0.1) is 0 Å². The number of ether oxygens (including phenoxy) is 3. The fourth-order valence-electron chi connectivity index (χ4n) is 4.79. The molecule has 222 valence electrons. The smallest absolute Gasteiger partial charge is 0.338 e. The summed E-state index contributed by atoms with van der Waals surface area (Å²) < 4.78 is 24.1. The van der Waals surface area contributed by atoms with Gasteiger partial charge in [-0.15, -0.1) is 0 Å². The van der Waals surface area contributed by atoms with E-state index in [1.165, 1.54) is 23.0 Å². The summed E-state index contributed by atoms with van der Waals surface area (Å²) >= 11 is 7.57. The molecule has 0 aliphatic carbocycles. The molecule has 0 fully saturated rings. The van der Waals surface area contributed by atoms with Crippen LogP contribution in [0.2, 0.25) is 5.02 Å². The Morgan fingerprint density at radius 1 is 1.12 bits per heavy atom. The minimum atomic E-state index is -0.880. The summed E-state index contributed by atoms with van der Waals surface area (Å²) in [5.41, 5.74) is 1.91. The first-order valence-corrected chi connectivity index (χ1v) is 14.9. The van der Waals surface area contributed by atoms with Gasteiger partial charge in [-0.1, -0.05) is 42.0 Å². The lowest BCUT2D eigenvalue weighted by Gasteiger charge is -2.26. The highest BCUT2D eigenvalue weighted by Crippen LogP contribution is 2.37. The Kier molecular flexibility index (Phi) is 8.98. The third-order valence-electron chi connectivity index (χ3n) is 6.71. The van der Waals surface area contributed by atoms with Gasteiger partial charge in [0.2, 0.25) is 0 Å². The van der Waals surface area contributed by atoms with Crippen LogP contribution < -0.4 is 19.6 Å². The van der Waals surface area contributed by atoms with Gasteiger partial charge >= 0.3 is 11.9 Å². The number of allylic oxidation sites excluding steroid dienone is 1. The molecule has 1 aliphatic rings. The van der Waals surface area contributed by atoms with Crippen molar-refractivity contribution in [1.82, 2.24) is 4.57 Å². The first kappa shape index (κ1) is 30.1. The second-order valence-electron chi connectivity index (χ2n) is 9.61. The van der Waals surface area contributed by atoms with Gasteiger partial charge in [0.25, 0.3) is 5.56 Å². The van der Waals surface area contributed by atoms with E-state index in [9.17, 15) is 14.4 Å². The lowest BCUT2D eigenvalue weighted by Crippen LogP contribution is -2.40. The van der Waals surface area contributed by atoms with Crippen molar-refractivity contribution in [2.75, 3.05) is 20.3 Å². The number of aromatic nitrogens is 1. The van der Waals surface area contributed by atoms with Gasteiger partial charge in [-0.2, -0.15) is 0 Å². The van der Waals surface area contributed by atoms with Gasteiger partial charge < -0.3 is 18.6 Å². The van der Waals surface area contributed by atoms with E-state index in [2.05, 4.69) is 4.99 Å². The molecule has 1 atom stereocenters. The third kappa shape index (κ3) is 6.07. The molecule has 0 unspecified atom stereocenters. The zero-order valence-electron chi connectivity index (χ0n) is 24.0. The molecule has 9 nitrogen and oxygen atoms in total. The summed E-state index contributed by atoms with van der Waals surface area (Å²) in [6, 6.07) is 14.7. The van der Waals surface area contributed by atoms with Gasteiger partial charge in [-0.25, -0.2) is 14.6 Å². The average molecular weight is 621 g/mol. The highest BCUT2D eigenvalue weighted by molar-refractivity contribution is 7.07. The maximum absolute atomic E-state index is 14.0. The van der Waals surface area contributed by atoms with E-state index in [0.717, 1.165) is 6.42 Å². The molecule has 0 spiro atoms. The normalized spacial score (nSPS) is 14.7. The lowest BCUT2D eigenvalue weighted by molar-refractivity contribution is -0.136. The highest BCUT2D eigenvalue weighted by atomic mass is 35.5. The Balaban J connectivity index is 1.61. The molecule has 0 radical (unpaired) electrons. The number of benzene rings is 2. The molecule has 0 saturated heterocycles. The van der Waals surface area contributed by atoms with Gasteiger partial charge in [-0.3, -0.25) is 9.36 Å². The Bertz CT molecular complexity index is 1920. The van der Waals surface area contributed by atoms with Crippen LogP contribution in [0.1, 0.15) is 54.9 Å². The number of methoxy groups -OCH3 is 1. The number of esters is 2. The molecule has 43 heavy (non-hydrogen) atoms. The van der Waals surface area contributed by atoms with Crippen molar-refractivity contribution in [2.45, 2.75) is 33.2 Å². The zero-order valence-corrected chi connectivity index (χ0v) is 25.6. The van der Waals surface area contributed by atoms with Crippen molar-refractivity contribution in [3.63, 3.8) is 0 Å². The van der Waals surface area contributed by atoms with Crippen molar-refractivity contribution in [2.24, 2.45) is 4.99 Å². The summed E-state index contributed by atoms with van der Waals surface area (Å²) in [5, 5.41) is 0.426. The Labute approximate surface area is 256 Å². The van der Waals surface area contributed by atoms with E-state index in [0.29, 0.717) is 60.6 Å². The van der Waals surface area contributed by atoms with E-state index < -0.39 is 18.0 Å². The molecule has 5 rings (SSSR count). The van der Waals surface area contributed by atoms with E-state index in [4.69, 9.17) is 30.2 Å². The predicted molar refractivity (Wildman–Crippen MR) is 163 cm³/mol. The number of hydrogen-bond donors (Lipinski definition) is 0. The summed E-state index contributed by atoms with van der Waals surface area (Å²) in [6.45, 7) is 6.15. The summed E-state index contributed by atoms with van der Waals surface area (Å²) in [6.07, 6.45) is 2.39. The van der Waals surface area contributed by atoms with Gasteiger partial charge in [0.15, 0.2) is 4.80 Å². The molecule has 11 heteroatoms. The monoisotopic (exact) mass is 620 g/mol. The van der Waals surface area contributed by atoms with Gasteiger partial charge in [0.1, 0.15) is 23.3 Å². The number of nitrogens with zero attached hydrogens (tertiary/aromatic N) is 2. The molecule has 0 amide bonds. The lowest BCUT2D eigenvalue weighted by atomic mass is 9.95. The fourth-order valence-corrected chi connectivity index (χ4v) is 6.00. The predicted octanol–water partition coefficient (Wildman–Crippen LogP) is 5.29. The van der Waals surface area contributed by atoms with Gasteiger partial charge in [0, 0.05) is 22.2 Å². The molecular formula is C32H29ClN2O7S. The molecule has 0 bridgehead atoms. The average Bonchev–Trinajstić information content (AvgIpc) is 3.59. The van der Waals surface area contributed by atoms with Crippen LogP contribution in [0.5, 0.6) is 5.75 Å². The van der Waals surface area contributed by atoms with Crippen LogP contribution in [0.15, 0.2) is 80.1 Å². The number of rotatable bonds is 9. The maximum atomic E-state index is 14.0. The SMILES string of the molecule is CCCOc1ccc(Cl)cc1[C@H]1C(C(=O)OC)=C(C)N=c2s/c(=C/c3ccc(-c4cccc(C(=O)OCC)c4)o3)c(=O)n21. The second-order valence-corrected chi connectivity index (χ2v) is 11.1. The standard InChI is InChI=1S/C32H29ClN2O7S/c1-5-14-41-25-12-10-21(33)16-23(25)28-27(31(38)39-4)18(3)34-32-35(28)29(36)26(43-32)17-22-11-13-24(42-22)19-8-7-9-20(15-19)30(37)40-6-2/h7-13,15-17,28H,5-6,14H2,1-4H3/b26-17+/t28-/m0/s1. The number of fused-ring (bicyclic) bond motifs is 1. The van der Waals surface area contributed by atoms with E-state index >= 15 is 0 Å². The Hall–Kier alpha value is -4.41. The topological polar surface area (TPSA) is 109 Å². The summed E-state index contributed by atoms with van der Waals surface area (Å²) in [4.78, 5) is 44.2. The minimum absolute atomic E-state index is 0.215. The van der Waals surface area contributed by atoms with Crippen molar-refractivity contribution in [3.8, 4) is 17.1 Å². The van der Waals surface area contributed by atoms with Crippen LogP contribution in [0.4, 0.5) is 0 Å². The highest BCUT2D eigenvalue weighted by Gasteiger charge is 2.35. The molecular weight excluding hydrogens is 592 g/mol. The van der Waals surface area contributed by atoms with E-state index in [1.807, 2.05) is 13.0 Å². The van der Waals surface area contributed by atoms with E-state index in [1.54, 1.807) is 68.5 Å². The molecule has 3 heterocycles. The first-order valence-electron chi connectivity index (χ1n) is 13.7. The summed E-state index contributed by atoms with van der Waals surface area (Å²) in [5.74, 6) is 0.419. The Morgan fingerprint density at radius 3 is 2.67 bits per heavy atom. The van der Waals surface area contributed by atoms with E-state index in [-0.39, 0.29) is 17.7 Å². The van der Waals surface area contributed by atoms with Crippen LogP contribution in [0.25, 0.3) is 17.4 Å². The number of thiazole rings is 1. The Morgan fingerprint density at radius 2 is 1.93 bits per heavy atom. The number of carbonyl (C=O) groups excluding carboxylic acids is 2. The number of carbonyl (C=O) groups is 2.